The smallest absolute Gasteiger partial charge is 0.130 e. The Morgan fingerprint density at radius 3 is 2.05 bits per heavy atom. The van der Waals surface area contributed by atoms with Gasteiger partial charge >= 0.3 is 0 Å². The lowest BCUT2D eigenvalue weighted by Crippen LogP contribution is -2.18. The van der Waals surface area contributed by atoms with E-state index in [0.29, 0.717) is 0 Å². The van der Waals surface area contributed by atoms with Crippen LogP contribution in [0.25, 0.3) is 0 Å². The lowest BCUT2D eigenvalue weighted by Gasteiger charge is -2.14. The lowest BCUT2D eigenvalue weighted by molar-refractivity contribution is 0.468. The molecule has 0 aromatic heterocycles. The Hall–Kier alpha value is -1.80. The van der Waals surface area contributed by atoms with Crippen molar-refractivity contribution in [2.24, 2.45) is 5.73 Å². The van der Waals surface area contributed by atoms with Crippen LogP contribution < -0.4 is 10.5 Å². The summed E-state index contributed by atoms with van der Waals surface area (Å²) in [5.74, 6) is 1.84. The van der Waals surface area contributed by atoms with Crippen LogP contribution in [0.15, 0.2) is 48.5 Å². The topological polar surface area (TPSA) is 35.2 Å². The molecule has 2 N–H and O–H groups in total. The van der Waals surface area contributed by atoms with E-state index < -0.39 is 0 Å². The second-order valence-electron chi connectivity index (χ2n) is 4.85. The van der Waals surface area contributed by atoms with E-state index in [0.717, 1.165) is 29.9 Å². The second-order valence-corrected chi connectivity index (χ2v) is 4.85. The minimum absolute atomic E-state index is 0.131. The maximum absolute atomic E-state index is 6.08. The molecule has 1 atom stereocenters. The number of benzene rings is 2. The highest BCUT2D eigenvalue weighted by Gasteiger charge is 2.08. The van der Waals surface area contributed by atoms with Crippen LogP contribution in [0.4, 0.5) is 0 Å². The summed E-state index contributed by atoms with van der Waals surface area (Å²) in [4.78, 5) is 0. The van der Waals surface area contributed by atoms with Gasteiger partial charge in [-0.2, -0.15) is 0 Å². The Kier molecular flexibility index (Phi) is 4.58. The average Bonchev–Trinajstić information content (AvgIpc) is 2.41. The molecule has 0 spiro atoms. The molecule has 0 amide bonds. The van der Waals surface area contributed by atoms with Crippen molar-refractivity contribution in [3.8, 4) is 11.5 Å². The number of nitrogens with two attached hydrogens (primary N) is 1. The Labute approximate surface area is 115 Å². The summed E-state index contributed by atoms with van der Waals surface area (Å²) in [6.07, 6.45) is 1.79. The SMILES string of the molecule is CCc1ccccc1Oc1ccccc1CC(C)N. The van der Waals surface area contributed by atoms with Gasteiger partial charge in [-0.1, -0.05) is 43.3 Å². The Balaban J connectivity index is 2.27. The monoisotopic (exact) mass is 255 g/mol. The molecular formula is C17H21NO. The molecule has 2 aromatic carbocycles. The van der Waals surface area contributed by atoms with Crippen molar-refractivity contribution in [1.29, 1.82) is 0 Å². The van der Waals surface area contributed by atoms with Crippen molar-refractivity contribution in [3.05, 3.63) is 59.7 Å². The third-order valence-corrected chi connectivity index (χ3v) is 3.09. The third-order valence-electron chi connectivity index (χ3n) is 3.09. The maximum atomic E-state index is 6.08. The van der Waals surface area contributed by atoms with Crippen LogP contribution in [0.1, 0.15) is 25.0 Å². The quantitative estimate of drug-likeness (QED) is 0.878. The highest BCUT2D eigenvalue weighted by Crippen LogP contribution is 2.28. The summed E-state index contributed by atoms with van der Waals surface area (Å²) in [5, 5.41) is 0. The van der Waals surface area contributed by atoms with Crippen molar-refractivity contribution in [1.82, 2.24) is 0 Å². The molecule has 0 saturated carbocycles. The predicted molar refractivity (Wildman–Crippen MR) is 79.7 cm³/mol. The van der Waals surface area contributed by atoms with Crippen molar-refractivity contribution in [3.63, 3.8) is 0 Å². The van der Waals surface area contributed by atoms with Crippen LogP contribution in [0.2, 0.25) is 0 Å². The average molecular weight is 255 g/mol. The van der Waals surface area contributed by atoms with E-state index in [-0.39, 0.29) is 6.04 Å². The first kappa shape index (κ1) is 13.6. The predicted octanol–water partition coefficient (Wildman–Crippen LogP) is 3.93. The van der Waals surface area contributed by atoms with Gasteiger partial charge in [-0.05, 0) is 43.0 Å². The summed E-state index contributed by atoms with van der Waals surface area (Å²) in [6.45, 7) is 4.15. The van der Waals surface area contributed by atoms with Crippen LogP contribution in [-0.2, 0) is 12.8 Å². The molecule has 19 heavy (non-hydrogen) atoms. The van der Waals surface area contributed by atoms with Gasteiger partial charge in [0.2, 0.25) is 0 Å². The molecule has 0 radical (unpaired) electrons. The highest BCUT2D eigenvalue weighted by atomic mass is 16.5. The molecule has 2 nitrogen and oxygen atoms in total. The molecule has 1 unspecified atom stereocenters. The van der Waals surface area contributed by atoms with E-state index in [1.807, 2.05) is 43.3 Å². The molecule has 0 fully saturated rings. The zero-order valence-electron chi connectivity index (χ0n) is 11.6. The van der Waals surface area contributed by atoms with Crippen molar-refractivity contribution in [2.75, 3.05) is 0 Å². The molecule has 0 saturated heterocycles. The highest BCUT2D eigenvalue weighted by molar-refractivity contribution is 5.41. The molecule has 100 valence electrons. The number of aryl methyl sites for hydroxylation is 1. The van der Waals surface area contributed by atoms with Crippen LogP contribution in [-0.4, -0.2) is 6.04 Å². The van der Waals surface area contributed by atoms with E-state index in [4.69, 9.17) is 10.5 Å². The number of ether oxygens (including phenoxy) is 1. The molecule has 2 aromatic rings. The number of para-hydroxylation sites is 2. The fourth-order valence-corrected chi connectivity index (χ4v) is 2.13. The summed E-state index contributed by atoms with van der Waals surface area (Å²) in [6, 6.07) is 16.4. The zero-order valence-corrected chi connectivity index (χ0v) is 11.6. The minimum Gasteiger partial charge on any atom is -0.457 e. The van der Waals surface area contributed by atoms with E-state index in [2.05, 4.69) is 19.1 Å². The van der Waals surface area contributed by atoms with Crippen LogP contribution in [0, 0.1) is 0 Å². The van der Waals surface area contributed by atoms with Gasteiger partial charge in [0.25, 0.3) is 0 Å². The zero-order chi connectivity index (χ0) is 13.7. The van der Waals surface area contributed by atoms with Gasteiger partial charge in [0.1, 0.15) is 11.5 Å². The first-order valence-electron chi connectivity index (χ1n) is 6.80. The standard InChI is InChI=1S/C17H21NO/c1-3-14-8-4-6-10-16(14)19-17-11-7-5-9-15(17)12-13(2)18/h4-11,13H,3,12,18H2,1-2H3. The minimum atomic E-state index is 0.131. The largest absolute Gasteiger partial charge is 0.457 e. The van der Waals surface area contributed by atoms with Gasteiger partial charge in [0.15, 0.2) is 0 Å². The maximum Gasteiger partial charge on any atom is 0.130 e. The molecule has 2 heteroatoms. The molecule has 2 rings (SSSR count). The second kappa shape index (κ2) is 6.39. The van der Waals surface area contributed by atoms with E-state index in [1.54, 1.807) is 0 Å². The van der Waals surface area contributed by atoms with Crippen molar-refractivity contribution in [2.45, 2.75) is 32.7 Å². The Morgan fingerprint density at radius 1 is 0.947 bits per heavy atom. The fraction of sp³-hybridized carbons (Fsp3) is 0.294. The van der Waals surface area contributed by atoms with Gasteiger partial charge in [0, 0.05) is 6.04 Å². The normalized spacial score (nSPS) is 12.2. The first-order chi connectivity index (χ1) is 9.20. The van der Waals surface area contributed by atoms with Gasteiger partial charge < -0.3 is 10.5 Å². The van der Waals surface area contributed by atoms with Crippen molar-refractivity contribution < 1.29 is 4.74 Å². The van der Waals surface area contributed by atoms with Crippen LogP contribution in [0.5, 0.6) is 11.5 Å². The van der Waals surface area contributed by atoms with Crippen LogP contribution in [0.3, 0.4) is 0 Å². The number of rotatable bonds is 5. The van der Waals surface area contributed by atoms with E-state index >= 15 is 0 Å². The summed E-state index contributed by atoms with van der Waals surface area (Å²) in [5.41, 5.74) is 8.26. The molecule has 0 aliphatic heterocycles. The Bertz CT molecular complexity index is 534. The fourth-order valence-electron chi connectivity index (χ4n) is 2.13. The third kappa shape index (κ3) is 3.58. The summed E-state index contributed by atoms with van der Waals surface area (Å²) < 4.78 is 6.08. The molecule has 0 aliphatic rings. The van der Waals surface area contributed by atoms with Crippen molar-refractivity contribution >= 4 is 0 Å². The summed E-state index contributed by atoms with van der Waals surface area (Å²) in [7, 11) is 0. The first-order valence-corrected chi connectivity index (χ1v) is 6.80. The lowest BCUT2D eigenvalue weighted by atomic mass is 10.1. The van der Waals surface area contributed by atoms with Gasteiger partial charge in [-0.15, -0.1) is 0 Å². The van der Waals surface area contributed by atoms with E-state index in [1.165, 1.54) is 5.56 Å². The number of hydrogen-bond donors (Lipinski definition) is 1. The molecule has 0 bridgehead atoms. The molecular weight excluding hydrogens is 234 g/mol. The van der Waals surface area contributed by atoms with E-state index in [9.17, 15) is 0 Å². The summed E-state index contributed by atoms with van der Waals surface area (Å²) >= 11 is 0. The van der Waals surface area contributed by atoms with Gasteiger partial charge in [0.05, 0.1) is 0 Å². The molecule has 0 aliphatic carbocycles. The van der Waals surface area contributed by atoms with Gasteiger partial charge in [-0.3, -0.25) is 0 Å². The molecule has 0 heterocycles. The van der Waals surface area contributed by atoms with Crippen LogP contribution >= 0.6 is 0 Å². The van der Waals surface area contributed by atoms with Gasteiger partial charge in [-0.25, -0.2) is 0 Å². The Morgan fingerprint density at radius 2 is 1.47 bits per heavy atom. The number of hydrogen-bond acceptors (Lipinski definition) is 2.